The summed E-state index contributed by atoms with van der Waals surface area (Å²) < 4.78 is 4.98. The summed E-state index contributed by atoms with van der Waals surface area (Å²) in [5, 5.41) is -1.23. The van der Waals surface area contributed by atoms with Crippen LogP contribution < -0.4 is 4.74 Å². The predicted molar refractivity (Wildman–Crippen MR) is 57.1 cm³/mol. The van der Waals surface area contributed by atoms with E-state index in [0.29, 0.717) is 5.75 Å². The van der Waals surface area contributed by atoms with Crippen molar-refractivity contribution in [3.8, 4) is 5.75 Å². The van der Waals surface area contributed by atoms with Crippen LogP contribution in [0.2, 0.25) is 0 Å². The van der Waals surface area contributed by atoms with Crippen LogP contribution in [-0.4, -0.2) is 17.1 Å². The lowest BCUT2D eigenvalue weighted by Gasteiger charge is -2.08. The lowest BCUT2D eigenvalue weighted by atomic mass is 10.2. The molecule has 0 fully saturated rings. The van der Waals surface area contributed by atoms with E-state index in [-0.39, 0.29) is 0 Å². The third-order valence-electron chi connectivity index (χ3n) is 1.87. The Hall–Kier alpha value is -1.35. The average molecular weight is 227 g/mol. The number of esters is 1. The van der Waals surface area contributed by atoms with Crippen LogP contribution >= 0.6 is 11.6 Å². The van der Waals surface area contributed by atoms with E-state index >= 15 is 0 Å². The molecule has 0 amide bonds. The number of ether oxygens (including phenoxy) is 1. The van der Waals surface area contributed by atoms with E-state index in [4.69, 9.17) is 16.3 Å². The number of carbonyl (C=O) groups excluding carboxylic acids is 2. The molecule has 0 saturated carbocycles. The van der Waals surface area contributed by atoms with Crippen LogP contribution in [0.15, 0.2) is 24.3 Å². The van der Waals surface area contributed by atoms with Crippen LogP contribution in [0, 0.1) is 6.92 Å². The predicted octanol–water partition coefficient (Wildman–Crippen LogP) is 2.10. The summed E-state index contributed by atoms with van der Waals surface area (Å²) in [7, 11) is 0. The SMILES string of the molecule is CC(=O)C(Cl)C(=O)Oc1ccccc1C. The lowest BCUT2D eigenvalue weighted by molar-refractivity contribution is -0.137. The second-order valence-corrected chi connectivity index (χ2v) is 3.60. The molecule has 0 aliphatic carbocycles. The number of benzene rings is 1. The molecule has 3 nitrogen and oxygen atoms in total. The minimum Gasteiger partial charge on any atom is -0.425 e. The summed E-state index contributed by atoms with van der Waals surface area (Å²) in [6.07, 6.45) is 0. The van der Waals surface area contributed by atoms with Crippen LogP contribution in [0.1, 0.15) is 12.5 Å². The van der Waals surface area contributed by atoms with Gasteiger partial charge in [0, 0.05) is 0 Å². The molecule has 1 aromatic rings. The molecular formula is C11H11ClO3. The average Bonchev–Trinajstić information content (AvgIpc) is 2.20. The van der Waals surface area contributed by atoms with Gasteiger partial charge in [-0.25, -0.2) is 4.79 Å². The van der Waals surface area contributed by atoms with Crippen molar-refractivity contribution in [1.82, 2.24) is 0 Å². The smallest absolute Gasteiger partial charge is 0.337 e. The Bertz CT molecular complexity index is 387. The standard InChI is InChI=1S/C11H11ClO3/c1-7-5-3-4-6-9(7)15-11(14)10(12)8(2)13/h3-6,10H,1-2H3. The molecule has 1 rings (SSSR count). The van der Waals surface area contributed by atoms with E-state index < -0.39 is 17.1 Å². The Balaban J connectivity index is 2.75. The molecule has 0 spiro atoms. The molecule has 0 saturated heterocycles. The van der Waals surface area contributed by atoms with Crippen molar-refractivity contribution in [3.63, 3.8) is 0 Å². The molecule has 0 N–H and O–H groups in total. The Kier molecular flexibility index (Phi) is 3.86. The van der Waals surface area contributed by atoms with Gasteiger partial charge in [-0.3, -0.25) is 4.79 Å². The van der Waals surface area contributed by atoms with Gasteiger partial charge < -0.3 is 4.74 Å². The Morgan fingerprint density at radius 2 is 1.93 bits per heavy atom. The van der Waals surface area contributed by atoms with Gasteiger partial charge in [0.25, 0.3) is 0 Å². The molecule has 0 aliphatic heterocycles. The highest BCUT2D eigenvalue weighted by Crippen LogP contribution is 2.17. The summed E-state index contributed by atoms with van der Waals surface area (Å²) >= 11 is 5.54. The zero-order valence-corrected chi connectivity index (χ0v) is 9.25. The summed E-state index contributed by atoms with van der Waals surface area (Å²) in [5.74, 6) is -0.733. The zero-order chi connectivity index (χ0) is 11.4. The number of hydrogen-bond donors (Lipinski definition) is 0. The number of halogens is 1. The molecular weight excluding hydrogens is 216 g/mol. The topological polar surface area (TPSA) is 43.4 Å². The van der Waals surface area contributed by atoms with Crippen molar-refractivity contribution in [2.24, 2.45) is 0 Å². The maximum atomic E-state index is 11.3. The molecule has 0 aromatic heterocycles. The Labute approximate surface area is 93.0 Å². The molecule has 80 valence electrons. The zero-order valence-electron chi connectivity index (χ0n) is 8.49. The van der Waals surface area contributed by atoms with Crippen molar-refractivity contribution >= 4 is 23.4 Å². The number of para-hydroxylation sites is 1. The number of hydrogen-bond acceptors (Lipinski definition) is 3. The van der Waals surface area contributed by atoms with Gasteiger partial charge in [0.05, 0.1) is 0 Å². The van der Waals surface area contributed by atoms with Gasteiger partial charge in [-0.1, -0.05) is 18.2 Å². The van der Waals surface area contributed by atoms with Gasteiger partial charge in [-0.15, -0.1) is 11.6 Å². The van der Waals surface area contributed by atoms with Gasteiger partial charge in [0.1, 0.15) is 5.75 Å². The summed E-state index contributed by atoms with van der Waals surface area (Å²) in [6, 6.07) is 7.03. The van der Waals surface area contributed by atoms with E-state index in [0.717, 1.165) is 5.56 Å². The first-order valence-corrected chi connectivity index (χ1v) is 4.88. The molecule has 4 heteroatoms. The first-order valence-electron chi connectivity index (χ1n) is 4.44. The second-order valence-electron chi connectivity index (χ2n) is 3.16. The van der Waals surface area contributed by atoms with E-state index in [9.17, 15) is 9.59 Å². The number of ketones is 1. The molecule has 1 unspecified atom stereocenters. The molecule has 0 bridgehead atoms. The van der Waals surface area contributed by atoms with Crippen molar-refractivity contribution in [3.05, 3.63) is 29.8 Å². The van der Waals surface area contributed by atoms with Gasteiger partial charge in [0.15, 0.2) is 11.2 Å². The monoisotopic (exact) mass is 226 g/mol. The van der Waals surface area contributed by atoms with Gasteiger partial charge in [-0.2, -0.15) is 0 Å². The van der Waals surface area contributed by atoms with Crippen molar-refractivity contribution in [1.29, 1.82) is 0 Å². The number of rotatable bonds is 3. The van der Waals surface area contributed by atoms with E-state index in [1.165, 1.54) is 6.92 Å². The van der Waals surface area contributed by atoms with Crippen LogP contribution in [0.25, 0.3) is 0 Å². The van der Waals surface area contributed by atoms with Gasteiger partial charge in [-0.05, 0) is 25.5 Å². The molecule has 0 aliphatic rings. The Morgan fingerprint density at radius 1 is 1.33 bits per heavy atom. The van der Waals surface area contributed by atoms with Crippen LogP contribution in [0.4, 0.5) is 0 Å². The van der Waals surface area contributed by atoms with Crippen molar-refractivity contribution in [2.75, 3.05) is 0 Å². The number of alkyl halides is 1. The van der Waals surface area contributed by atoms with Gasteiger partial charge in [0.2, 0.25) is 0 Å². The fourth-order valence-corrected chi connectivity index (χ4v) is 1.04. The minimum absolute atomic E-state index is 0.421. The fourth-order valence-electron chi connectivity index (χ4n) is 0.997. The second kappa shape index (κ2) is 4.94. The van der Waals surface area contributed by atoms with E-state index in [2.05, 4.69) is 0 Å². The number of Topliss-reactive ketones (excluding diaryl/α,β-unsaturated/α-hetero) is 1. The molecule has 15 heavy (non-hydrogen) atoms. The van der Waals surface area contributed by atoms with Crippen LogP contribution in [0.3, 0.4) is 0 Å². The summed E-state index contributed by atoms with van der Waals surface area (Å²) in [6.45, 7) is 3.05. The minimum atomic E-state index is -1.23. The fraction of sp³-hybridized carbons (Fsp3) is 0.273. The number of carbonyl (C=O) groups is 2. The van der Waals surface area contributed by atoms with E-state index in [1.807, 2.05) is 6.07 Å². The lowest BCUT2D eigenvalue weighted by Crippen LogP contribution is -2.27. The third-order valence-corrected chi connectivity index (χ3v) is 2.35. The quantitative estimate of drug-likeness (QED) is 0.343. The van der Waals surface area contributed by atoms with E-state index in [1.54, 1.807) is 25.1 Å². The highest BCUT2D eigenvalue weighted by atomic mass is 35.5. The number of aryl methyl sites for hydroxylation is 1. The van der Waals surface area contributed by atoms with Crippen molar-refractivity contribution in [2.45, 2.75) is 19.2 Å². The highest BCUT2D eigenvalue weighted by molar-refractivity contribution is 6.40. The first kappa shape index (κ1) is 11.7. The third kappa shape index (κ3) is 3.06. The van der Waals surface area contributed by atoms with Crippen molar-refractivity contribution < 1.29 is 14.3 Å². The molecule has 0 radical (unpaired) electrons. The normalized spacial score (nSPS) is 11.9. The molecule has 1 atom stereocenters. The van der Waals surface area contributed by atoms with Crippen LogP contribution in [0.5, 0.6) is 5.75 Å². The maximum Gasteiger partial charge on any atom is 0.337 e. The highest BCUT2D eigenvalue weighted by Gasteiger charge is 2.22. The first-order chi connectivity index (χ1) is 7.02. The van der Waals surface area contributed by atoms with Crippen LogP contribution in [-0.2, 0) is 9.59 Å². The molecule has 0 heterocycles. The van der Waals surface area contributed by atoms with Gasteiger partial charge >= 0.3 is 5.97 Å². The summed E-state index contributed by atoms with van der Waals surface area (Å²) in [5.41, 5.74) is 0.818. The largest absolute Gasteiger partial charge is 0.425 e. The maximum absolute atomic E-state index is 11.3. The molecule has 1 aromatic carbocycles. The Morgan fingerprint density at radius 3 is 2.47 bits per heavy atom. The summed E-state index contributed by atoms with van der Waals surface area (Å²) in [4.78, 5) is 22.2.